The van der Waals surface area contributed by atoms with Crippen molar-refractivity contribution < 1.29 is 4.79 Å². The van der Waals surface area contributed by atoms with E-state index in [1.165, 1.54) is 19.3 Å². The van der Waals surface area contributed by atoms with Gasteiger partial charge in [-0.15, -0.1) is 35.0 Å². The summed E-state index contributed by atoms with van der Waals surface area (Å²) in [6.07, 6.45) is 8.87. The predicted molar refractivity (Wildman–Crippen MR) is 113 cm³/mol. The Morgan fingerprint density at radius 1 is 1.14 bits per heavy atom. The number of carbonyl (C=O) groups excluding carboxylic acids is 1. The standard InChI is InChI=1S/C20H27N5O.2ClH/c26-19(20-9-3-1-7-16(20)12-21-14-20)24-10-5-6-15(13-24)18-23-22-17-8-2-4-11-25(17)18;;/h2,4,8,11,15-16,21H,1,3,5-7,9-10,12-14H2;2*1H/t15?,16-,20+;;/m0../s1. The lowest BCUT2D eigenvalue weighted by molar-refractivity contribution is -0.146. The first-order valence-corrected chi connectivity index (χ1v) is 10.1. The average molecular weight is 426 g/mol. The Kier molecular flexibility index (Phi) is 6.52. The number of aromatic nitrogens is 3. The van der Waals surface area contributed by atoms with Crippen LogP contribution in [0.4, 0.5) is 0 Å². The first-order valence-electron chi connectivity index (χ1n) is 10.1. The first kappa shape index (κ1) is 21.3. The summed E-state index contributed by atoms with van der Waals surface area (Å²) in [6, 6.07) is 5.99. The molecule has 3 fully saturated rings. The van der Waals surface area contributed by atoms with Crippen molar-refractivity contribution in [1.82, 2.24) is 24.8 Å². The van der Waals surface area contributed by atoms with Crippen molar-refractivity contribution in [1.29, 1.82) is 0 Å². The molecular weight excluding hydrogens is 397 g/mol. The molecule has 1 N–H and O–H groups in total. The van der Waals surface area contributed by atoms with Crippen molar-refractivity contribution in [3.05, 3.63) is 30.2 Å². The van der Waals surface area contributed by atoms with Gasteiger partial charge in [-0.2, -0.15) is 0 Å². The smallest absolute Gasteiger partial charge is 0.230 e. The van der Waals surface area contributed by atoms with Crippen LogP contribution in [0.3, 0.4) is 0 Å². The van der Waals surface area contributed by atoms with Crippen LogP contribution in [0.25, 0.3) is 5.65 Å². The van der Waals surface area contributed by atoms with E-state index in [0.717, 1.165) is 56.9 Å². The second-order valence-corrected chi connectivity index (χ2v) is 8.31. The number of piperidine rings is 1. The highest BCUT2D eigenvalue weighted by molar-refractivity contribution is 5.85. The molecule has 0 aromatic carbocycles. The van der Waals surface area contributed by atoms with Crippen LogP contribution in [0.15, 0.2) is 24.4 Å². The van der Waals surface area contributed by atoms with E-state index in [-0.39, 0.29) is 36.1 Å². The molecule has 2 aliphatic heterocycles. The second-order valence-electron chi connectivity index (χ2n) is 8.31. The topological polar surface area (TPSA) is 62.5 Å². The maximum absolute atomic E-state index is 13.6. The Morgan fingerprint density at radius 2 is 2.04 bits per heavy atom. The summed E-state index contributed by atoms with van der Waals surface area (Å²) in [4.78, 5) is 15.7. The molecule has 1 aliphatic carbocycles. The monoisotopic (exact) mass is 425 g/mol. The minimum atomic E-state index is -0.146. The number of nitrogens with one attached hydrogen (secondary N) is 1. The quantitative estimate of drug-likeness (QED) is 0.802. The summed E-state index contributed by atoms with van der Waals surface area (Å²) >= 11 is 0. The number of hydrogen-bond acceptors (Lipinski definition) is 4. The third kappa shape index (κ3) is 3.40. The highest BCUT2D eigenvalue weighted by Crippen LogP contribution is 2.45. The number of nitrogens with zero attached hydrogens (tertiary/aromatic N) is 4. The van der Waals surface area contributed by atoms with Crippen LogP contribution in [0.2, 0.25) is 0 Å². The summed E-state index contributed by atoms with van der Waals surface area (Å²) < 4.78 is 2.08. The van der Waals surface area contributed by atoms with E-state index in [9.17, 15) is 4.79 Å². The van der Waals surface area contributed by atoms with Gasteiger partial charge in [0.15, 0.2) is 5.65 Å². The molecule has 2 saturated heterocycles. The van der Waals surface area contributed by atoms with Crippen LogP contribution >= 0.6 is 24.8 Å². The SMILES string of the molecule is Cl.Cl.O=C(N1CCCC(c2nnc3ccccn23)C1)[C@@]12CCCC[C@H]1CNC2. The Balaban J connectivity index is 0.00000112. The minimum Gasteiger partial charge on any atom is -0.341 e. The molecule has 0 radical (unpaired) electrons. The lowest BCUT2D eigenvalue weighted by Gasteiger charge is -2.43. The number of rotatable bonds is 2. The lowest BCUT2D eigenvalue weighted by atomic mass is 9.67. The van der Waals surface area contributed by atoms with Gasteiger partial charge in [-0.05, 0) is 50.3 Å². The van der Waals surface area contributed by atoms with E-state index >= 15 is 0 Å². The molecule has 28 heavy (non-hydrogen) atoms. The highest BCUT2D eigenvalue weighted by Gasteiger charge is 2.51. The molecule has 8 heteroatoms. The Bertz CT molecular complexity index is 828. The fraction of sp³-hybridized carbons (Fsp3) is 0.650. The molecule has 0 bridgehead atoms. The molecule has 1 saturated carbocycles. The van der Waals surface area contributed by atoms with Crippen molar-refractivity contribution in [2.45, 2.75) is 44.4 Å². The van der Waals surface area contributed by atoms with E-state index < -0.39 is 0 Å². The van der Waals surface area contributed by atoms with Crippen molar-refractivity contribution in [2.24, 2.45) is 11.3 Å². The van der Waals surface area contributed by atoms with Gasteiger partial charge in [0.05, 0.1) is 5.41 Å². The summed E-state index contributed by atoms with van der Waals surface area (Å²) in [7, 11) is 0. The number of fused-ring (bicyclic) bond motifs is 2. The Morgan fingerprint density at radius 3 is 2.93 bits per heavy atom. The van der Waals surface area contributed by atoms with E-state index in [0.29, 0.717) is 11.8 Å². The van der Waals surface area contributed by atoms with Crippen LogP contribution in [0, 0.1) is 11.3 Å². The van der Waals surface area contributed by atoms with Gasteiger partial charge in [0, 0.05) is 31.7 Å². The summed E-state index contributed by atoms with van der Waals surface area (Å²) in [5.74, 6) is 2.20. The first-order chi connectivity index (χ1) is 12.8. The van der Waals surface area contributed by atoms with Crippen LogP contribution in [0.1, 0.15) is 50.3 Å². The molecule has 3 aliphatic rings. The second kappa shape index (κ2) is 8.56. The van der Waals surface area contributed by atoms with Gasteiger partial charge < -0.3 is 10.2 Å². The van der Waals surface area contributed by atoms with E-state index in [2.05, 4.69) is 24.8 Å². The molecule has 5 rings (SSSR count). The lowest BCUT2D eigenvalue weighted by Crippen LogP contribution is -2.52. The maximum atomic E-state index is 13.6. The van der Waals surface area contributed by atoms with E-state index in [4.69, 9.17) is 0 Å². The molecule has 1 unspecified atom stereocenters. The van der Waals surface area contributed by atoms with Crippen molar-refractivity contribution in [3.8, 4) is 0 Å². The molecule has 1 amide bonds. The molecule has 4 heterocycles. The largest absolute Gasteiger partial charge is 0.341 e. The van der Waals surface area contributed by atoms with E-state index in [1.807, 2.05) is 24.4 Å². The highest BCUT2D eigenvalue weighted by atomic mass is 35.5. The van der Waals surface area contributed by atoms with E-state index in [1.54, 1.807) is 0 Å². The van der Waals surface area contributed by atoms with Gasteiger partial charge in [-0.1, -0.05) is 18.9 Å². The number of hydrogen-bond donors (Lipinski definition) is 1. The van der Waals surface area contributed by atoms with Crippen molar-refractivity contribution >= 4 is 36.4 Å². The number of amides is 1. The normalized spacial score (nSPS) is 29.6. The van der Waals surface area contributed by atoms with Crippen LogP contribution in [0.5, 0.6) is 0 Å². The fourth-order valence-corrected chi connectivity index (χ4v) is 5.49. The Hall–Kier alpha value is -1.37. The zero-order chi connectivity index (χ0) is 17.6. The van der Waals surface area contributed by atoms with Gasteiger partial charge in [0.2, 0.25) is 5.91 Å². The van der Waals surface area contributed by atoms with Gasteiger partial charge in [0.1, 0.15) is 5.82 Å². The van der Waals surface area contributed by atoms with Gasteiger partial charge in [-0.3, -0.25) is 9.20 Å². The zero-order valence-corrected chi connectivity index (χ0v) is 17.7. The van der Waals surface area contributed by atoms with Gasteiger partial charge in [0.25, 0.3) is 0 Å². The molecule has 2 aromatic heterocycles. The van der Waals surface area contributed by atoms with Crippen LogP contribution < -0.4 is 5.32 Å². The molecule has 6 nitrogen and oxygen atoms in total. The third-order valence-electron chi connectivity index (χ3n) is 6.88. The Labute approximate surface area is 178 Å². The fourth-order valence-electron chi connectivity index (χ4n) is 5.49. The van der Waals surface area contributed by atoms with Crippen LogP contribution in [-0.2, 0) is 4.79 Å². The summed E-state index contributed by atoms with van der Waals surface area (Å²) in [6.45, 7) is 3.55. The van der Waals surface area contributed by atoms with Gasteiger partial charge >= 0.3 is 0 Å². The van der Waals surface area contributed by atoms with Crippen molar-refractivity contribution in [3.63, 3.8) is 0 Å². The number of pyridine rings is 1. The number of carbonyl (C=O) groups is 1. The number of likely N-dealkylation sites (tertiary alicyclic amines) is 1. The number of halogens is 2. The predicted octanol–water partition coefficient (Wildman–Crippen LogP) is 3.06. The maximum Gasteiger partial charge on any atom is 0.230 e. The molecule has 154 valence electrons. The zero-order valence-electron chi connectivity index (χ0n) is 16.0. The molecule has 2 aromatic rings. The third-order valence-corrected chi connectivity index (χ3v) is 6.88. The molecular formula is C20H29Cl2N5O. The summed E-state index contributed by atoms with van der Waals surface area (Å²) in [5.41, 5.74) is 0.740. The van der Waals surface area contributed by atoms with Crippen molar-refractivity contribution in [2.75, 3.05) is 26.2 Å². The minimum absolute atomic E-state index is 0. The molecule has 3 atom stereocenters. The van der Waals surface area contributed by atoms with Gasteiger partial charge in [-0.25, -0.2) is 0 Å². The summed E-state index contributed by atoms with van der Waals surface area (Å²) in [5, 5.41) is 12.3. The molecule has 0 spiro atoms. The van der Waals surface area contributed by atoms with Crippen LogP contribution in [-0.4, -0.2) is 51.6 Å². The average Bonchev–Trinajstić information content (AvgIpc) is 3.32.